The molecule has 7 heteroatoms. The molecule has 0 fully saturated rings. The third-order valence-corrected chi connectivity index (χ3v) is 5.86. The van der Waals surface area contributed by atoms with Crippen LogP contribution in [-0.4, -0.2) is 35.9 Å². The Morgan fingerprint density at radius 3 is 2.14 bits per heavy atom. The van der Waals surface area contributed by atoms with Gasteiger partial charge in [0.25, 0.3) is 0 Å². The molecule has 0 bridgehead atoms. The van der Waals surface area contributed by atoms with E-state index in [4.69, 9.17) is 24.3 Å². The zero-order valence-electron chi connectivity index (χ0n) is 17.1. The molecule has 0 saturated carbocycles. The van der Waals surface area contributed by atoms with Crippen molar-refractivity contribution in [1.29, 1.82) is 0 Å². The topological polar surface area (TPSA) is 57.9 Å². The number of aryl methyl sites for hydroxylation is 2. The number of nitrogens with zero attached hydrogens (tertiary/aromatic N) is 3. The zero-order chi connectivity index (χ0) is 20.5. The van der Waals surface area contributed by atoms with Gasteiger partial charge in [0.05, 0.1) is 21.3 Å². The van der Waals surface area contributed by atoms with Gasteiger partial charge in [-0.2, -0.15) is 5.10 Å². The van der Waals surface area contributed by atoms with Gasteiger partial charge in [-0.3, -0.25) is 0 Å². The van der Waals surface area contributed by atoms with Crippen molar-refractivity contribution in [1.82, 2.24) is 14.6 Å². The quantitative estimate of drug-likeness (QED) is 0.447. The number of hydrogen-bond acceptors (Lipinski definition) is 6. The highest BCUT2D eigenvalue weighted by Gasteiger charge is 2.22. The Bertz CT molecular complexity index is 1140. The standard InChI is InChI=1S/C22H23N3O3S/c1-6-18-24-25-20(14-9-7-13(2)8-10-14)19(23-22(25)29-18)15-11-16(26-3)21(28-5)17(12-15)27-4/h7-12H,6H2,1-5H3. The molecule has 0 saturated heterocycles. The van der Waals surface area contributed by atoms with E-state index in [-0.39, 0.29) is 0 Å². The number of ether oxygens (including phenoxy) is 3. The van der Waals surface area contributed by atoms with Crippen molar-refractivity contribution >= 4 is 16.3 Å². The minimum Gasteiger partial charge on any atom is -0.493 e. The number of benzene rings is 2. The molecule has 2 heterocycles. The predicted molar refractivity (Wildman–Crippen MR) is 116 cm³/mol. The molecule has 0 aliphatic rings. The van der Waals surface area contributed by atoms with E-state index in [1.807, 2.05) is 16.6 Å². The van der Waals surface area contributed by atoms with Crippen LogP contribution in [0.4, 0.5) is 0 Å². The van der Waals surface area contributed by atoms with Crippen molar-refractivity contribution in [2.45, 2.75) is 20.3 Å². The van der Waals surface area contributed by atoms with E-state index < -0.39 is 0 Å². The molecule has 2 aromatic carbocycles. The lowest BCUT2D eigenvalue weighted by Gasteiger charge is -2.14. The molecule has 150 valence electrons. The summed E-state index contributed by atoms with van der Waals surface area (Å²) in [5, 5.41) is 5.83. The summed E-state index contributed by atoms with van der Waals surface area (Å²) in [5.41, 5.74) is 4.92. The number of rotatable bonds is 6. The Kier molecular flexibility index (Phi) is 5.15. The number of methoxy groups -OCH3 is 3. The summed E-state index contributed by atoms with van der Waals surface area (Å²) in [6, 6.07) is 12.2. The number of imidazole rings is 1. The Morgan fingerprint density at radius 2 is 1.59 bits per heavy atom. The maximum Gasteiger partial charge on any atom is 0.213 e. The van der Waals surface area contributed by atoms with E-state index in [0.717, 1.165) is 38.9 Å². The first kappa shape index (κ1) is 19.3. The first-order valence-electron chi connectivity index (χ1n) is 9.35. The highest BCUT2D eigenvalue weighted by molar-refractivity contribution is 7.16. The van der Waals surface area contributed by atoms with Crippen molar-refractivity contribution in [3.05, 3.63) is 47.0 Å². The predicted octanol–water partition coefficient (Wildman–Crippen LogP) is 5.02. The molecule has 0 aliphatic heterocycles. The van der Waals surface area contributed by atoms with Gasteiger partial charge in [0.2, 0.25) is 10.7 Å². The van der Waals surface area contributed by atoms with Gasteiger partial charge in [-0.05, 0) is 25.5 Å². The fraction of sp³-hybridized carbons (Fsp3) is 0.273. The van der Waals surface area contributed by atoms with E-state index in [0.29, 0.717) is 17.2 Å². The van der Waals surface area contributed by atoms with Crippen LogP contribution in [0.1, 0.15) is 17.5 Å². The minimum atomic E-state index is 0.558. The molecular weight excluding hydrogens is 386 g/mol. The van der Waals surface area contributed by atoms with Crippen molar-refractivity contribution in [3.63, 3.8) is 0 Å². The van der Waals surface area contributed by atoms with E-state index >= 15 is 0 Å². The lowest BCUT2D eigenvalue weighted by atomic mass is 10.0. The monoisotopic (exact) mass is 409 g/mol. The molecule has 0 spiro atoms. The van der Waals surface area contributed by atoms with Crippen LogP contribution in [0.5, 0.6) is 17.2 Å². The largest absolute Gasteiger partial charge is 0.493 e. The summed E-state index contributed by atoms with van der Waals surface area (Å²) in [6.07, 6.45) is 0.876. The molecule has 6 nitrogen and oxygen atoms in total. The first-order chi connectivity index (χ1) is 14.1. The number of aromatic nitrogens is 3. The Balaban J connectivity index is 2.00. The SMILES string of the molecule is CCc1nn2c(-c3ccc(C)cc3)c(-c3cc(OC)c(OC)c(OC)c3)nc2s1. The highest BCUT2D eigenvalue weighted by Crippen LogP contribution is 2.43. The summed E-state index contributed by atoms with van der Waals surface area (Å²) >= 11 is 1.61. The molecule has 0 radical (unpaired) electrons. The lowest BCUT2D eigenvalue weighted by molar-refractivity contribution is 0.324. The summed E-state index contributed by atoms with van der Waals surface area (Å²) in [7, 11) is 4.83. The van der Waals surface area contributed by atoms with E-state index in [2.05, 4.69) is 38.1 Å². The summed E-state index contributed by atoms with van der Waals surface area (Å²) in [6.45, 7) is 4.18. The third-order valence-electron chi connectivity index (χ3n) is 4.81. The van der Waals surface area contributed by atoms with Crippen LogP contribution in [0, 0.1) is 6.92 Å². The van der Waals surface area contributed by atoms with Crippen molar-refractivity contribution in [2.24, 2.45) is 0 Å². The van der Waals surface area contributed by atoms with Crippen LogP contribution in [-0.2, 0) is 6.42 Å². The van der Waals surface area contributed by atoms with Crippen LogP contribution in [0.3, 0.4) is 0 Å². The van der Waals surface area contributed by atoms with E-state index in [1.54, 1.807) is 32.7 Å². The van der Waals surface area contributed by atoms with E-state index in [9.17, 15) is 0 Å². The van der Waals surface area contributed by atoms with Crippen molar-refractivity contribution in [2.75, 3.05) is 21.3 Å². The van der Waals surface area contributed by atoms with Gasteiger partial charge < -0.3 is 14.2 Å². The molecule has 4 rings (SSSR count). The summed E-state index contributed by atoms with van der Waals surface area (Å²) in [4.78, 5) is 5.79. The van der Waals surface area contributed by atoms with Crippen molar-refractivity contribution < 1.29 is 14.2 Å². The van der Waals surface area contributed by atoms with Gasteiger partial charge in [-0.15, -0.1) is 0 Å². The second kappa shape index (κ2) is 7.75. The average Bonchev–Trinajstić information content (AvgIpc) is 3.30. The van der Waals surface area contributed by atoms with Gasteiger partial charge in [0, 0.05) is 11.1 Å². The van der Waals surface area contributed by atoms with Gasteiger partial charge in [0.15, 0.2) is 11.5 Å². The fourth-order valence-corrected chi connectivity index (χ4v) is 4.15. The van der Waals surface area contributed by atoms with Crippen LogP contribution in [0.15, 0.2) is 36.4 Å². The maximum atomic E-state index is 5.54. The lowest BCUT2D eigenvalue weighted by Crippen LogP contribution is -1.97. The molecule has 0 N–H and O–H groups in total. The maximum absolute atomic E-state index is 5.54. The highest BCUT2D eigenvalue weighted by atomic mass is 32.1. The van der Waals surface area contributed by atoms with Crippen LogP contribution < -0.4 is 14.2 Å². The van der Waals surface area contributed by atoms with E-state index in [1.165, 1.54) is 5.56 Å². The average molecular weight is 410 g/mol. The molecule has 0 atom stereocenters. The molecular formula is C22H23N3O3S. The normalized spacial score (nSPS) is 11.1. The minimum absolute atomic E-state index is 0.558. The summed E-state index contributed by atoms with van der Waals surface area (Å²) < 4.78 is 18.5. The first-order valence-corrected chi connectivity index (χ1v) is 10.2. The Hall–Kier alpha value is -3.06. The van der Waals surface area contributed by atoms with Crippen molar-refractivity contribution in [3.8, 4) is 39.8 Å². The van der Waals surface area contributed by atoms with Crippen LogP contribution in [0.2, 0.25) is 0 Å². The molecule has 0 amide bonds. The fourth-order valence-electron chi connectivity index (χ4n) is 3.32. The van der Waals surface area contributed by atoms with Gasteiger partial charge in [-0.1, -0.05) is 48.1 Å². The molecule has 4 aromatic rings. The van der Waals surface area contributed by atoms with Gasteiger partial charge in [0.1, 0.15) is 16.4 Å². The molecule has 2 aromatic heterocycles. The number of hydrogen-bond donors (Lipinski definition) is 0. The second-order valence-electron chi connectivity index (χ2n) is 6.63. The van der Waals surface area contributed by atoms with Gasteiger partial charge in [-0.25, -0.2) is 9.50 Å². The Morgan fingerprint density at radius 1 is 0.931 bits per heavy atom. The third kappa shape index (κ3) is 3.31. The smallest absolute Gasteiger partial charge is 0.213 e. The summed E-state index contributed by atoms with van der Waals surface area (Å²) in [5.74, 6) is 1.74. The van der Waals surface area contributed by atoms with Crippen LogP contribution >= 0.6 is 11.3 Å². The zero-order valence-corrected chi connectivity index (χ0v) is 18.0. The molecule has 0 aliphatic carbocycles. The molecule has 29 heavy (non-hydrogen) atoms. The van der Waals surface area contributed by atoms with Gasteiger partial charge >= 0.3 is 0 Å². The second-order valence-corrected chi connectivity index (χ2v) is 7.67. The van der Waals surface area contributed by atoms with Crippen LogP contribution in [0.25, 0.3) is 27.5 Å². The molecule has 0 unspecified atom stereocenters. The Labute approximate surface area is 173 Å². The number of fused-ring (bicyclic) bond motifs is 1.